The lowest BCUT2D eigenvalue weighted by molar-refractivity contribution is -0.152. The summed E-state index contributed by atoms with van der Waals surface area (Å²) in [5, 5.41) is 17.5. The average molecular weight is 272 g/mol. The molecule has 2 atom stereocenters. The largest absolute Gasteiger partial charge is 0.480 e. The first-order valence-corrected chi connectivity index (χ1v) is 6.38. The first-order valence-electron chi connectivity index (χ1n) is 6.38. The first kappa shape index (κ1) is 15.4. The van der Waals surface area contributed by atoms with Gasteiger partial charge in [-0.1, -0.05) is 12.8 Å². The number of carbonyl (C=O) groups excluding carboxylic acids is 1. The number of nitrogens with zero attached hydrogens (tertiary/aromatic N) is 1. The number of aliphatic carboxylic acids is 2. The van der Waals surface area contributed by atoms with E-state index in [0.717, 1.165) is 24.2 Å². The Morgan fingerprint density at radius 3 is 2.05 bits per heavy atom. The highest BCUT2D eigenvalue weighted by Crippen LogP contribution is 2.30. The molecule has 0 aromatic rings. The van der Waals surface area contributed by atoms with Gasteiger partial charge in [0.25, 0.3) is 0 Å². The van der Waals surface area contributed by atoms with E-state index in [4.69, 9.17) is 15.9 Å². The molecule has 4 N–H and O–H groups in total. The van der Waals surface area contributed by atoms with Crippen molar-refractivity contribution in [2.24, 2.45) is 17.6 Å². The number of carboxylic acids is 2. The van der Waals surface area contributed by atoms with Crippen molar-refractivity contribution >= 4 is 17.8 Å². The van der Waals surface area contributed by atoms with Crippen LogP contribution in [0.3, 0.4) is 0 Å². The Hall–Kier alpha value is -1.63. The zero-order valence-electron chi connectivity index (χ0n) is 10.7. The average Bonchev–Trinajstić information content (AvgIpc) is 2.36. The summed E-state index contributed by atoms with van der Waals surface area (Å²) in [5.41, 5.74) is 5.63. The molecule has 1 saturated carbocycles. The molecular formula is C12H20N2O5. The summed E-state index contributed by atoms with van der Waals surface area (Å²) in [6.07, 6.45) is 3.38. The number of hydrogen-bond acceptors (Lipinski definition) is 4. The molecule has 0 heterocycles. The lowest BCUT2D eigenvalue weighted by Gasteiger charge is -2.33. The fourth-order valence-corrected chi connectivity index (χ4v) is 2.59. The third-order valence-electron chi connectivity index (χ3n) is 3.49. The summed E-state index contributed by atoms with van der Waals surface area (Å²) < 4.78 is 0. The minimum absolute atomic E-state index is 0.0198. The molecule has 0 aromatic carbocycles. The van der Waals surface area contributed by atoms with Gasteiger partial charge in [0.1, 0.15) is 13.1 Å². The monoisotopic (exact) mass is 272 g/mol. The topological polar surface area (TPSA) is 121 Å². The molecule has 0 bridgehead atoms. The molecule has 1 amide bonds. The summed E-state index contributed by atoms with van der Waals surface area (Å²) in [7, 11) is 0. The molecule has 1 aliphatic rings. The number of hydrogen-bond donors (Lipinski definition) is 3. The Labute approximate surface area is 111 Å². The van der Waals surface area contributed by atoms with Crippen LogP contribution in [0.5, 0.6) is 0 Å². The second-order valence-electron chi connectivity index (χ2n) is 4.87. The van der Waals surface area contributed by atoms with Crippen LogP contribution in [0.2, 0.25) is 0 Å². The first-order chi connectivity index (χ1) is 8.95. The van der Waals surface area contributed by atoms with E-state index in [1.54, 1.807) is 0 Å². The van der Waals surface area contributed by atoms with E-state index in [1.807, 2.05) is 0 Å². The van der Waals surface area contributed by atoms with Crippen LogP contribution in [0.1, 0.15) is 25.7 Å². The van der Waals surface area contributed by atoms with Crippen LogP contribution in [-0.2, 0) is 14.4 Å². The molecular weight excluding hydrogens is 252 g/mol. The Balaban J connectivity index is 2.78. The van der Waals surface area contributed by atoms with Crippen LogP contribution in [0, 0.1) is 11.8 Å². The highest BCUT2D eigenvalue weighted by molar-refractivity contribution is 5.86. The molecule has 7 heteroatoms. The van der Waals surface area contributed by atoms with Crippen molar-refractivity contribution in [2.75, 3.05) is 19.6 Å². The van der Waals surface area contributed by atoms with Crippen LogP contribution in [0.15, 0.2) is 0 Å². The lowest BCUT2D eigenvalue weighted by Crippen LogP contribution is -2.46. The summed E-state index contributed by atoms with van der Waals surface area (Å²) in [5.74, 6) is -3.16. The van der Waals surface area contributed by atoms with Gasteiger partial charge in [-0.2, -0.15) is 0 Å². The van der Waals surface area contributed by atoms with Crippen molar-refractivity contribution in [3.05, 3.63) is 0 Å². The van der Waals surface area contributed by atoms with Crippen molar-refractivity contribution < 1.29 is 24.6 Å². The van der Waals surface area contributed by atoms with E-state index in [9.17, 15) is 14.4 Å². The highest BCUT2D eigenvalue weighted by atomic mass is 16.4. The maximum Gasteiger partial charge on any atom is 0.323 e. The van der Waals surface area contributed by atoms with E-state index in [2.05, 4.69) is 0 Å². The molecule has 0 aliphatic heterocycles. The predicted molar refractivity (Wildman–Crippen MR) is 66.4 cm³/mol. The van der Waals surface area contributed by atoms with Crippen LogP contribution < -0.4 is 5.73 Å². The molecule has 1 fully saturated rings. The molecule has 2 unspecified atom stereocenters. The van der Waals surface area contributed by atoms with E-state index < -0.39 is 30.9 Å². The summed E-state index contributed by atoms with van der Waals surface area (Å²) >= 11 is 0. The van der Waals surface area contributed by atoms with Gasteiger partial charge in [-0.15, -0.1) is 0 Å². The molecule has 1 rings (SSSR count). The van der Waals surface area contributed by atoms with Crippen molar-refractivity contribution in [3.8, 4) is 0 Å². The zero-order chi connectivity index (χ0) is 14.4. The van der Waals surface area contributed by atoms with Gasteiger partial charge in [-0.05, 0) is 25.3 Å². The molecule has 0 spiro atoms. The fourth-order valence-electron chi connectivity index (χ4n) is 2.59. The maximum absolute atomic E-state index is 12.3. The van der Waals surface area contributed by atoms with Gasteiger partial charge in [-0.3, -0.25) is 14.4 Å². The molecule has 108 valence electrons. The van der Waals surface area contributed by atoms with Gasteiger partial charge in [-0.25, -0.2) is 0 Å². The van der Waals surface area contributed by atoms with Crippen LogP contribution >= 0.6 is 0 Å². The van der Waals surface area contributed by atoms with Gasteiger partial charge in [0.2, 0.25) is 5.91 Å². The van der Waals surface area contributed by atoms with Crippen molar-refractivity contribution in [1.82, 2.24) is 4.90 Å². The Morgan fingerprint density at radius 1 is 1.05 bits per heavy atom. The van der Waals surface area contributed by atoms with Crippen LogP contribution in [0.4, 0.5) is 0 Å². The standard InChI is InChI=1S/C12H20N2O5/c13-5-8-3-1-2-4-9(8)12(19)14(6-10(15)16)7-11(17)18/h8-9H,1-7,13H2,(H,15,16)(H,17,18). The second kappa shape index (κ2) is 7.08. The number of carbonyl (C=O) groups is 3. The predicted octanol–water partition coefficient (Wildman–Crippen LogP) is -0.251. The highest BCUT2D eigenvalue weighted by Gasteiger charge is 2.34. The lowest BCUT2D eigenvalue weighted by atomic mass is 9.78. The minimum Gasteiger partial charge on any atom is -0.480 e. The number of amides is 1. The Bertz CT molecular complexity index is 342. The van der Waals surface area contributed by atoms with Crippen molar-refractivity contribution in [3.63, 3.8) is 0 Å². The molecule has 19 heavy (non-hydrogen) atoms. The number of rotatable bonds is 6. The molecule has 1 aliphatic carbocycles. The van der Waals surface area contributed by atoms with Gasteiger partial charge < -0.3 is 20.8 Å². The van der Waals surface area contributed by atoms with E-state index in [-0.39, 0.29) is 11.8 Å². The third kappa shape index (κ3) is 4.51. The SMILES string of the molecule is NCC1CCCCC1C(=O)N(CC(=O)O)CC(=O)O. The number of carboxylic acid groups (broad SMARTS) is 2. The summed E-state index contributed by atoms with van der Waals surface area (Å²) in [6.45, 7) is -0.803. The summed E-state index contributed by atoms with van der Waals surface area (Å²) in [4.78, 5) is 34.6. The second-order valence-corrected chi connectivity index (χ2v) is 4.87. The van der Waals surface area contributed by atoms with Gasteiger partial charge in [0.05, 0.1) is 0 Å². The van der Waals surface area contributed by atoms with Gasteiger partial charge in [0.15, 0.2) is 0 Å². The molecule has 0 aromatic heterocycles. The normalized spacial score (nSPS) is 22.8. The van der Waals surface area contributed by atoms with Crippen LogP contribution in [-0.4, -0.2) is 52.6 Å². The van der Waals surface area contributed by atoms with Crippen molar-refractivity contribution in [2.45, 2.75) is 25.7 Å². The van der Waals surface area contributed by atoms with E-state index >= 15 is 0 Å². The maximum atomic E-state index is 12.3. The Morgan fingerprint density at radius 2 is 1.58 bits per heavy atom. The summed E-state index contributed by atoms with van der Waals surface area (Å²) in [6, 6.07) is 0. The quantitative estimate of drug-likeness (QED) is 0.613. The van der Waals surface area contributed by atoms with Gasteiger partial charge >= 0.3 is 11.9 Å². The number of nitrogens with two attached hydrogens (primary N) is 1. The molecule has 0 radical (unpaired) electrons. The van der Waals surface area contributed by atoms with Crippen molar-refractivity contribution in [1.29, 1.82) is 0 Å². The molecule has 7 nitrogen and oxygen atoms in total. The zero-order valence-corrected chi connectivity index (χ0v) is 10.7. The van der Waals surface area contributed by atoms with Gasteiger partial charge in [0, 0.05) is 5.92 Å². The fraction of sp³-hybridized carbons (Fsp3) is 0.750. The van der Waals surface area contributed by atoms with E-state index in [0.29, 0.717) is 13.0 Å². The molecule has 0 saturated heterocycles. The Kier molecular flexibility index (Phi) is 5.75. The minimum atomic E-state index is -1.21. The van der Waals surface area contributed by atoms with E-state index in [1.165, 1.54) is 0 Å². The van der Waals surface area contributed by atoms with Crippen LogP contribution in [0.25, 0.3) is 0 Å². The smallest absolute Gasteiger partial charge is 0.323 e. The third-order valence-corrected chi connectivity index (χ3v) is 3.49.